The van der Waals surface area contributed by atoms with Crippen molar-refractivity contribution < 1.29 is 0 Å². The van der Waals surface area contributed by atoms with Crippen molar-refractivity contribution in [2.24, 2.45) is 29.6 Å². The molecule has 0 aromatic heterocycles. The van der Waals surface area contributed by atoms with Crippen LogP contribution in [0.1, 0.15) is 87.0 Å². The van der Waals surface area contributed by atoms with Crippen LogP contribution < -0.4 is 0 Å². The zero-order valence-corrected chi connectivity index (χ0v) is 16.6. The lowest BCUT2D eigenvalue weighted by atomic mass is 9.81. The second-order valence-corrected chi connectivity index (χ2v) is 9.13. The highest BCUT2D eigenvalue weighted by molar-refractivity contribution is 4.85. The first-order valence-electron chi connectivity index (χ1n) is 10.0. The second kappa shape index (κ2) is 9.96. The summed E-state index contributed by atoms with van der Waals surface area (Å²) in [7, 11) is 0. The van der Waals surface area contributed by atoms with Gasteiger partial charge in [-0.2, -0.15) is 0 Å². The third kappa shape index (κ3) is 7.02. The van der Waals surface area contributed by atoms with E-state index in [1.54, 1.807) is 0 Å². The van der Waals surface area contributed by atoms with E-state index in [9.17, 15) is 0 Å². The Kier molecular flexibility index (Phi) is 9.05. The van der Waals surface area contributed by atoms with Gasteiger partial charge in [0.1, 0.15) is 0 Å². The predicted molar refractivity (Wildman–Crippen MR) is 100 cm³/mol. The van der Waals surface area contributed by atoms with Gasteiger partial charge in [0.25, 0.3) is 0 Å². The molecular formula is C21H43N. The van der Waals surface area contributed by atoms with Gasteiger partial charge in [0.2, 0.25) is 0 Å². The molecule has 1 fully saturated rings. The van der Waals surface area contributed by atoms with Crippen LogP contribution in [0.4, 0.5) is 0 Å². The molecule has 22 heavy (non-hydrogen) atoms. The first-order chi connectivity index (χ1) is 10.3. The number of nitrogens with zero attached hydrogens (tertiary/aromatic N) is 1. The first-order valence-corrected chi connectivity index (χ1v) is 10.0. The standard InChI is InChI=1S/C21H43N/c1-16(2)10-8-9-11-19(7)14-22-15-20(17(3)4)12-13-21(22)18(5)6/h16-21H,8-15H2,1-7H3. The molecule has 1 nitrogen and oxygen atoms in total. The largest absolute Gasteiger partial charge is 0.300 e. The Morgan fingerprint density at radius 3 is 2.00 bits per heavy atom. The summed E-state index contributed by atoms with van der Waals surface area (Å²) in [6, 6.07) is 0.827. The maximum absolute atomic E-state index is 2.85. The molecular weight excluding hydrogens is 266 g/mol. The monoisotopic (exact) mass is 309 g/mol. The summed E-state index contributed by atoms with van der Waals surface area (Å²) in [6.07, 6.45) is 8.53. The van der Waals surface area contributed by atoms with Gasteiger partial charge in [-0.3, -0.25) is 4.90 Å². The Morgan fingerprint density at radius 2 is 1.45 bits per heavy atom. The lowest BCUT2D eigenvalue weighted by Gasteiger charge is -2.44. The maximum atomic E-state index is 2.85. The smallest absolute Gasteiger partial charge is 0.0119 e. The quantitative estimate of drug-likeness (QED) is 0.456. The average molecular weight is 310 g/mol. The third-order valence-corrected chi connectivity index (χ3v) is 5.76. The van der Waals surface area contributed by atoms with Crippen LogP contribution >= 0.6 is 0 Å². The van der Waals surface area contributed by atoms with Gasteiger partial charge in [0.05, 0.1) is 0 Å². The summed E-state index contributed by atoms with van der Waals surface area (Å²) < 4.78 is 0. The average Bonchev–Trinajstić information content (AvgIpc) is 2.43. The van der Waals surface area contributed by atoms with Crippen LogP contribution in [-0.2, 0) is 0 Å². The SMILES string of the molecule is CC(C)CCCCC(C)CN1CC(C(C)C)CCC1C(C)C. The molecule has 0 amide bonds. The van der Waals surface area contributed by atoms with E-state index >= 15 is 0 Å². The third-order valence-electron chi connectivity index (χ3n) is 5.76. The van der Waals surface area contributed by atoms with Gasteiger partial charge in [-0.1, -0.05) is 67.7 Å². The summed E-state index contributed by atoms with van der Waals surface area (Å²) in [4.78, 5) is 2.85. The molecule has 1 rings (SSSR count). The summed E-state index contributed by atoms with van der Waals surface area (Å²) in [6.45, 7) is 19.5. The van der Waals surface area contributed by atoms with Crippen molar-refractivity contribution in [2.75, 3.05) is 13.1 Å². The Bertz CT molecular complexity index is 282. The van der Waals surface area contributed by atoms with Crippen molar-refractivity contribution in [1.82, 2.24) is 4.90 Å². The molecule has 0 aliphatic carbocycles. The maximum Gasteiger partial charge on any atom is 0.0119 e. The number of likely N-dealkylation sites (tertiary alicyclic amines) is 1. The van der Waals surface area contributed by atoms with Gasteiger partial charge in [-0.15, -0.1) is 0 Å². The number of piperidine rings is 1. The summed E-state index contributed by atoms with van der Waals surface area (Å²) in [5.74, 6) is 4.30. The Morgan fingerprint density at radius 1 is 0.818 bits per heavy atom. The molecule has 1 heterocycles. The van der Waals surface area contributed by atoms with Gasteiger partial charge in [0, 0.05) is 19.1 Å². The highest BCUT2D eigenvalue weighted by atomic mass is 15.2. The molecule has 132 valence electrons. The van der Waals surface area contributed by atoms with Crippen molar-refractivity contribution in [3.8, 4) is 0 Å². The van der Waals surface area contributed by atoms with E-state index in [0.29, 0.717) is 0 Å². The molecule has 0 N–H and O–H groups in total. The number of rotatable bonds is 9. The lowest BCUT2D eigenvalue weighted by Crippen LogP contribution is -2.48. The van der Waals surface area contributed by atoms with Gasteiger partial charge in [-0.25, -0.2) is 0 Å². The molecule has 3 unspecified atom stereocenters. The zero-order chi connectivity index (χ0) is 16.7. The number of hydrogen-bond donors (Lipinski definition) is 0. The minimum atomic E-state index is 0.807. The van der Waals surface area contributed by atoms with E-state index in [4.69, 9.17) is 0 Å². The normalized spacial score (nSPS) is 25.4. The molecule has 0 bridgehead atoms. The molecule has 0 spiro atoms. The van der Waals surface area contributed by atoms with Crippen LogP contribution in [0.3, 0.4) is 0 Å². The fraction of sp³-hybridized carbons (Fsp3) is 1.00. The second-order valence-electron chi connectivity index (χ2n) is 9.13. The van der Waals surface area contributed by atoms with Crippen molar-refractivity contribution in [3.63, 3.8) is 0 Å². The van der Waals surface area contributed by atoms with Crippen LogP contribution in [0.25, 0.3) is 0 Å². The van der Waals surface area contributed by atoms with Crippen LogP contribution in [0.2, 0.25) is 0 Å². The van der Waals surface area contributed by atoms with Gasteiger partial charge < -0.3 is 0 Å². The van der Waals surface area contributed by atoms with Gasteiger partial charge >= 0.3 is 0 Å². The Balaban J connectivity index is 2.43. The topological polar surface area (TPSA) is 3.24 Å². The molecule has 0 saturated carbocycles. The van der Waals surface area contributed by atoms with E-state index < -0.39 is 0 Å². The summed E-state index contributed by atoms with van der Waals surface area (Å²) >= 11 is 0. The highest BCUT2D eigenvalue weighted by Gasteiger charge is 2.31. The molecule has 3 atom stereocenters. The summed E-state index contributed by atoms with van der Waals surface area (Å²) in [5.41, 5.74) is 0. The first kappa shape index (κ1) is 20.0. The van der Waals surface area contributed by atoms with E-state index in [1.165, 1.54) is 51.6 Å². The Hall–Kier alpha value is -0.0400. The van der Waals surface area contributed by atoms with Crippen molar-refractivity contribution in [2.45, 2.75) is 93.0 Å². The van der Waals surface area contributed by atoms with Gasteiger partial charge in [-0.05, 0) is 48.9 Å². The lowest BCUT2D eigenvalue weighted by molar-refractivity contribution is 0.0489. The minimum absolute atomic E-state index is 0.807. The fourth-order valence-electron chi connectivity index (χ4n) is 4.14. The van der Waals surface area contributed by atoms with E-state index in [-0.39, 0.29) is 0 Å². The van der Waals surface area contributed by atoms with Crippen molar-refractivity contribution >= 4 is 0 Å². The van der Waals surface area contributed by atoms with Crippen molar-refractivity contribution in [1.29, 1.82) is 0 Å². The van der Waals surface area contributed by atoms with Crippen LogP contribution in [-0.4, -0.2) is 24.0 Å². The van der Waals surface area contributed by atoms with Crippen LogP contribution in [0.15, 0.2) is 0 Å². The van der Waals surface area contributed by atoms with E-state index in [0.717, 1.165) is 35.6 Å². The number of unbranched alkanes of at least 4 members (excludes halogenated alkanes) is 1. The van der Waals surface area contributed by atoms with E-state index in [2.05, 4.69) is 53.4 Å². The predicted octanol–water partition coefficient (Wildman–Crippen LogP) is 6.23. The molecule has 0 aromatic rings. The molecule has 0 aromatic carbocycles. The van der Waals surface area contributed by atoms with Gasteiger partial charge in [0.15, 0.2) is 0 Å². The highest BCUT2D eigenvalue weighted by Crippen LogP contribution is 2.31. The molecule has 0 radical (unpaired) electrons. The van der Waals surface area contributed by atoms with Crippen LogP contribution in [0.5, 0.6) is 0 Å². The Labute approximate surface area is 141 Å². The number of hydrogen-bond acceptors (Lipinski definition) is 1. The summed E-state index contributed by atoms with van der Waals surface area (Å²) in [5, 5.41) is 0. The minimum Gasteiger partial charge on any atom is -0.300 e. The molecule has 1 heteroatoms. The molecule has 1 saturated heterocycles. The molecule has 1 aliphatic rings. The van der Waals surface area contributed by atoms with E-state index in [1.807, 2.05) is 0 Å². The zero-order valence-electron chi connectivity index (χ0n) is 16.6. The molecule has 1 aliphatic heterocycles. The van der Waals surface area contributed by atoms with Crippen molar-refractivity contribution in [3.05, 3.63) is 0 Å². The van der Waals surface area contributed by atoms with Crippen LogP contribution in [0, 0.1) is 29.6 Å². The fourth-order valence-corrected chi connectivity index (χ4v) is 4.14.